The fourth-order valence-electron chi connectivity index (χ4n) is 2.61. The first kappa shape index (κ1) is 16.7. The van der Waals surface area contributed by atoms with Gasteiger partial charge in [0.15, 0.2) is 12.4 Å². The number of hydrogen-bond acceptors (Lipinski definition) is 6. The molecule has 2 aromatic heterocycles. The van der Waals surface area contributed by atoms with Gasteiger partial charge in [0.05, 0.1) is 16.6 Å². The fraction of sp³-hybridized carbons (Fsp3) is 0.294. The first-order chi connectivity index (χ1) is 12.0. The Morgan fingerprint density at radius 3 is 2.68 bits per heavy atom. The third kappa shape index (κ3) is 3.23. The number of aryl methyl sites for hydroxylation is 1. The molecule has 0 radical (unpaired) electrons. The average Bonchev–Trinajstić information content (AvgIpc) is 3.03. The molecule has 0 spiro atoms. The van der Waals surface area contributed by atoms with Crippen LogP contribution in [0.15, 0.2) is 44.4 Å². The van der Waals surface area contributed by atoms with E-state index in [0.717, 1.165) is 4.57 Å². The van der Waals surface area contributed by atoms with Gasteiger partial charge in [-0.15, -0.1) is 0 Å². The van der Waals surface area contributed by atoms with Gasteiger partial charge in [0.2, 0.25) is 0 Å². The van der Waals surface area contributed by atoms with Crippen molar-refractivity contribution >= 4 is 16.9 Å². The lowest BCUT2D eigenvalue weighted by Gasteiger charge is -2.12. The monoisotopic (exact) mass is 343 g/mol. The molecule has 0 aliphatic rings. The molecule has 0 atom stereocenters. The lowest BCUT2D eigenvalue weighted by atomic mass is 10.2. The summed E-state index contributed by atoms with van der Waals surface area (Å²) in [6.07, 6.45) is 0. The lowest BCUT2D eigenvalue weighted by molar-refractivity contribution is -0.146. The molecule has 2 heterocycles. The van der Waals surface area contributed by atoms with Crippen LogP contribution in [0.2, 0.25) is 0 Å². The molecule has 0 bridgehead atoms. The summed E-state index contributed by atoms with van der Waals surface area (Å²) in [5.74, 6) is -0.191. The van der Waals surface area contributed by atoms with Gasteiger partial charge in [0.25, 0.3) is 5.56 Å². The summed E-state index contributed by atoms with van der Waals surface area (Å²) in [6.45, 7) is 3.31. The number of hydrogen-bond donors (Lipinski definition) is 0. The Labute approximate surface area is 142 Å². The van der Waals surface area contributed by atoms with E-state index in [1.165, 1.54) is 4.57 Å². The minimum Gasteiger partial charge on any atom is -0.456 e. The van der Waals surface area contributed by atoms with Crippen molar-refractivity contribution < 1.29 is 14.1 Å². The van der Waals surface area contributed by atoms with Crippen LogP contribution in [0.4, 0.5) is 0 Å². The quantitative estimate of drug-likeness (QED) is 0.646. The first-order valence-electron chi connectivity index (χ1n) is 7.81. The van der Waals surface area contributed by atoms with E-state index in [4.69, 9.17) is 9.26 Å². The summed E-state index contributed by atoms with van der Waals surface area (Å²) >= 11 is 0. The Morgan fingerprint density at radius 2 is 2.00 bits per heavy atom. The highest BCUT2D eigenvalue weighted by Crippen LogP contribution is 2.08. The van der Waals surface area contributed by atoms with E-state index < -0.39 is 11.7 Å². The number of rotatable bonds is 5. The van der Waals surface area contributed by atoms with Crippen LogP contribution >= 0.6 is 0 Å². The molecule has 0 aliphatic carbocycles. The molecular formula is C17H17N3O5. The minimum atomic E-state index is -0.609. The van der Waals surface area contributed by atoms with Crippen LogP contribution in [0.1, 0.15) is 18.4 Å². The normalized spacial score (nSPS) is 11.0. The number of ether oxygens (including phenoxy) is 1. The van der Waals surface area contributed by atoms with Crippen molar-refractivity contribution in [3.05, 3.63) is 62.6 Å². The van der Waals surface area contributed by atoms with Crippen LogP contribution in [-0.2, 0) is 29.2 Å². The number of carbonyl (C=O) groups excluding carboxylic acids is 1. The Hall–Kier alpha value is -3.16. The summed E-state index contributed by atoms with van der Waals surface area (Å²) in [5.41, 5.74) is 0.168. The lowest BCUT2D eigenvalue weighted by Crippen LogP contribution is -2.40. The van der Waals surface area contributed by atoms with Crippen molar-refractivity contribution in [2.75, 3.05) is 0 Å². The van der Waals surface area contributed by atoms with Gasteiger partial charge in [0.1, 0.15) is 6.54 Å². The summed E-state index contributed by atoms with van der Waals surface area (Å²) in [6, 6.07) is 8.33. The maximum atomic E-state index is 12.5. The van der Waals surface area contributed by atoms with E-state index in [9.17, 15) is 14.4 Å². The molecule has 0 unspecified atom stereocenters. The minimum absolute atomic E-state index is 0.0697. The van der Waals surface area contributed by atoms with Gasteiger partial charge in [-0.25, -0.2) is 4.79 Å². The Kier molecular flexibility index (Phi) is 4.51. The Morgan fingerprint density at radius 1 is 1.24 bits per heavy atom. The second-order valence-corrected chi connectivity index (χ2v) is 5.53. The first-order valence-corrected chi connectivity index (χ1v) is 7.81. The topological polar surface area (TPSA) is 96.3 Å². The van der Waals surface area contributed by atoms with Crippen molar-refractivity contribution in [2.45, 2.75) is 33.5 Å². The van der Waals surface area contributed by atoms with Gasteiger partial charge in [0, 0.05) is 12.6 Å². The SMILES string of the molecule is CCn1c(=O)c2ccccc2n(CC(=O)OCc2cc(C)no2)c1=O. The molecule has 0 N–H and O–H groups in total. The maximum absolute atomic E-state index is 12.5. The zero-order valence-corrected chi connectivity index (χ0v) is 13.9. The summed E-state index contributed by atoms with van der Waals surface area (Å²) in [5, 5.41) is 4.08. The summed E-state index contributed by atoms with van der Waals surface area (Å²) in [4.78, 5) is 37.0. The van der Waals surface area contributed by atoms with Gasteiger partial charge >= 0.3 is 11.7 Å². The zero-order chi connectivity index (χ0) is 18.0. The van der Waals surface area contributed by atoms with Gasteiger partial charge in [-0.2, -0.15) is 0 Å². The van der Waals surface area contributed by atoms with Crippen LogP contribution in [0.5, 0.6) is 0 Å². The van der Waals surface area contributed by atoms with Crippen molar-refractivity contribution in [3.63, 3.8) is 0 Å². The molecule has 130 valence electrons. The van der Waals surface area contributed by atoms with Crippen LogP contribution in [0.25, 0.3) is 10.9 Å². The average molecular weight is 343 g/mol. The van der Waals surface area contributed by atoms with Crippen LogP contribution in [0, 0.1) is 6.92 Å². The highest BCUT2D eigenvalue weighted by atomic mass is 16.5. The second-order valence-electron chi connectivity index (χ2n) is 5.53. The Balaban J connectivity index is 1.91. The van der Waals surface area contributed by atoms with Gasteiger partial charge in [-0.05, 0) is 26.0 Å². The zero-order valence-electron chi connectivity index (χ0n) is 13.9. The van der Waals surface area contributed by atoms with Crippen LogP contribution in [0.3, 0.4) is 0 Å². The molecule has 0 amide bonds. The highest BCUT2D eigenvalue weighted by molar-refractivity contribution is 5.79. The number of benzene rings is 1. The predicted molar refractivity (Wildman–Crippen MR) is 89.2 cm³/mol. The molecule has 0 saturated carbocycles. The molecule has 1 aromatic carbocycles. The smallest absolute Gasteiger partial charge is 0.332 e. The molecule has 3 aromatic rings. The van der Waals surface area contributed by atoms with Crippen molar-refractivity contribution in [1.29, 1.82) is 0 Å². The van der Waals surface area contributed by atoms with Gasteiger partial charge < -0.3 is 9.26 Å². The molecular weight excluding hydrogens is 326 g/mol. The summed E-state index contributed by atoms with van der Waals surface area (Å²) < 4.78 is 12.4. The van der Waals surface area contributed by atoms with E-state index in [1.54, 1.807) is 44.2 Å². The highest BCUT2D eigenvalue weighted by Gasteiger charge is 2.15. The predicted octanol–water partition coefficient (Wildman–Crippen LogP) is 1.22. The fourth-order valence-corrected chi connectivity index (χ4v) is 2.61. The van der Waals surface area contributed by atoms with Crippen molar-refractivity contribution in [3.8, 4) is 0 Å². The van der Waals surface area contributed by atoms with Gasteiger partial charge in [-0.3, -0.25) is 18.7 Å². The second kappa shape index (κ2) is 6.76. The number of carbonyl (C=O) groups is 1. The van der Waals surface area contributed by atoms with E-state index in [2.05, 4.69) is 5.16 Å². The van der Waals surface area contributed by atoms with Crippen molar-refractivity contribution in [2.24, 2.45) is 0 Å². The molecule has 25 heavy (non-hydrogen) atoms. The molecule has 8 nitrogen and oxygen atoms in total. The van der Waals surface area contributed by atoms with E-state index in [0.29, 0.717) is 22.4 Å². The molecule has 0 fully saturated rings. The summed E-state index contributed by atoms with van der Waals surface area (Å²) in [7, 11) is 0. The standard InChI is InChI=1S/C17H17N3O5/c1-3-19-16(22)13-6-4-5-7-14(13)20(17(19)23)9-15(21)24-10-12-8-11(2)18-25-12/h4-8H,3,9-10H2,1-2H3. The van der Waals surface area contributed by atoms with Crippen LogP contribution in [-0.4, -0.2) is 20.3 Å². The van der Waals surface area contributed by atoms with Gasteiger partial charge in [-0.1, -0.05) is 17.3 Å². The molecule has 0 saturated heterocycles. The van der Waals surface area contributed by atoms with Crippen LogP contribution < -0.4 is 11.2 Å². The number of esters is 1. The van der Waals surface area contributed by atoms with E-state index in [1.807, 2.05) is 0 Å². The molecule has 8 heteroatoms. The molecule has 0 aliphatic heterocycles. The Bertz CT molecular complexity index is 1040. The molecule has 3 rings (SSSR count). The third-order valence-electron chi connectivity index (χ3n) is 3.79. The van der Waals surface area contributed by atoms with E-state index >= 15 is 0 Å². The number of nitrogens with zero attached hydrogens (tertiary/aromatic N) is 3. The third-order valence-corrected chi connectivity index (χ3v) is 3.79. The maximum Gasteiger partial charge on any atom is 0.332 e. The number of fused-ring (bicyclic) bond motifs is 1. The van der Waals surface area contributed by atoms with Crippen molar-refractivity contribution in [1.82, 2.24) is 14.3 Å². The van der Waals surface area contributed by atoms with E-state index in [-0.39, 0.29) is 25.3 Å². The number of para-hydroxylation sites is 1. The largest absolute Gasteiger partial charge is 0.456 e. The number of aromatic nitrogens is 3.